The minimum atomic E-state index is -0.709. The summed E-state index contributed by atoms with van der Waals surface area (Å²) in [7, 11) is 0. The number of Topliss-reactive ketones (excluding diaryl/α,β-unsaturated/α-hetero) is 2. The molecule has 2 rings (SSSR count). The Morgan fingerprint density at radius 3 is 2.47 bits per heavy atom. The molecule has 2 aliphatic rings. The van der Waals surface area contributed by atoms with E-state index in [4.69, 9.17) is 0 Å². The maximum atomic E-state index is 11.9. The Hall–Kier alpha value is -1.78. The number of ketones is 2. The molecular formula is C12H13NO4. The van der Waals surface area contributed by atoms with E-state index in [0.717, 1.165) is 11.6 Å². The van der Waals surface area contributed by atoms with Crippen LogP contribution in [0.15, 0.2) is 22.9 Å². The SMILES string of the molecule is CC1(C)CC(=O)C2=C(CC(=O)C([N+](=O)[O-])=C2)C1. The van der Waals surface area contributed by atoms with Gasteiger partial charge in [0.05, 0.1) is 4.92 Å². The summed E-state index contributed by atoms with van der Waals surface area (Å²) in [4.78, 5) is 33.4. The lowest BCUT2D eigenvalue weighted by atomic mass is 9.71. The molecule has 0 bridgehead atoms. The summed E-state index contributed by atoms with van der Waals surface area (Å²) in [6, 6.07) is 0. The highest BCUT2D eigenvalue weighted by molar-refractivity contribution is 6.07. The Morgan fingerprint density at radius 2 is 1.88 bits per heavy atom. The van der Waals surface area contributed by atoms with Gasteiger partial charge >= 0.3 is 5.70 Å². The maximum Gasteiger partial charge on any atom is 0.313 e. The Bertz CT molecular complexity index is 497. The minimum absolute atomic E-state index is 0.0112. The van der Waals surface area contributed by atoms with Gasteiger partial charge in [0.1, 0.15) is 0 Å². The zero-order valence-electron chi connectivity index (χ0n) is 9.78. The third kappa shape index (κ3) is 2.05. The molecule has 0 aromatic heterocycles. The average molecular weight is 235 g/mol. The van der Waals surface area contributed by atoms with Crippen LogP contribution in [0.25, 0.3) is 0 Å². The normalized spacial score (nSPS) is 23.3. The summed E-state index contributed by atoms with van der Waals surface area (Å²) in [5.41, 5.74) is 0.519. The molecule has 0 aromatic rings. The highest BCUT2D eigenvalue weighted by Gasteiger charge is 2.38. The fourth-order valence-corrected chi connectivity index (χ4v) is 2.46. The van der Waals surface area contributed by atoms with Crippen molar-refractivity contribution >= 4 is 11.6 Å². The predicted octanol–water partition coefficient (Wildman–Crippen LogP) is 1.81. The average Bonchev–Trinajstić information content (AvgIpc) is 2.13. The molecule has 0 aromatic carbocycles. The van der Waals surface area contributed by atoms with Crippen molar-refractivity contribution < 1.29 is 14.5 Å². The van der Waals surface area contributed by atoms with E-state index >= 15 is 0 Å². The highest BCUT2D eigenvalue weighted by atomic mass is 16.6. The fourth-order valence-electron chi connectivity index (χ4n) is 2.46. The van der Waals surface area contributed by atoms with Crippen molar-refractivity contribution in [3.05, 3.63) is 33.0 Å². The van der Waals surface area contributed by atoms with Crippen LogP contribution < -0.4 is 0 Å². The molecule has 0 saturated heterocycles. The van der Waals surface area contributed by atoms with Crippen LogP contribution in [0, 0.1) is 15.5 Å². The fraction of sp³-hybridized carbons (Fsp3) is 0.500. The molecule has 0 heterocycles. The quantitative estimate of drug-likeness (QED) is 0.513. The van der Waals surface area contributed by atoms with Gasteiger partial charge in [-0.25, -0.2) is 0 Å². The minimum Gasteiger partial charge on any atom is -0.294 e. The van der Waals surface area contributed by atoms with Crippen molar-refractivity contribution in [2.24, 2.45) is 5.41 Å². The van der Waals surface area contributed by atoms with Crippen molar-refractivity contribution in [1.82, 2.24) is 0 Å². The molecule has 0 aliphatic heterocycles. The van der Waals surface area contributed by atoms with Gasteiger partial charge in [0, 0.05) is 24.5 Å². The van der Waals surface area contributed by atoms with Gasteiger partial charge in [-0.3, -0.25) is 19.7 Å². The molecule has 0 saturated carbocycles. The van der Waals surface area contributed by atoms with Crippen LogP contribution in [0.4, 0.5) is 0 Å². The molecule has 90 valence electrons. The summed E-state index contributed by atoms with van der Waals surface area (Å²) < 4.78 is 0. The van der Waals surface area contributed by atoms with Crippen LogP contribution in [0.3, 0.4) is 0 Å². The van der Waals surface area contributed by atoms with Crippen LogP contribution >= 0.6 is 0 Å². The number of allylic oxidation sites excluding steroid dienone is 4. The molecule has 0 atom stereocenters. The number of carbonyl (C=O) groups excluding carboxylic acids is 2. The number of rotatable bonds is 1. The van der Waals surface area contributed by atoms with Gasteiger partial charge in [-0.2, -0.15) is 0 Å². The molecule has 0 spiro atoms. The lowest BCUT2D eigenvalue weighted by Gasteiger charge is -2.32. The molecule has 0 amide bonds. The van der Waals surface area contributed by atoms with E-state index in [9.17, 15) is 19.7 Å². The van der Waals surface area contributed by atoms with E-state index in [-0.39, 0.29) is 17.6 Å². The lowest BCUT2D eigenvalue weighted by molar-refractivity contribution is -0.419. The van der Waals surface area contributed by atoms with Crippen molar-refractivity contribution in [1.29, 1.82) is 0 Å². The van der Waals surface area contributed by atoms with Crippen LogP contribution in [-0.2, 0) is 9.59 Å². The number of nitro groups is 1. The van der Waals surface area contributed by atoms with Crippen LogP contribution in [0.2, 0.25) is 0 Å². The van der Waals surface area contributed by atoms with Crippen LogP contribution in [-0.4, -0.2) is 16.5 Å². The second-order valence-corrected chi connectivity index (χ2v) is 5.34. The van der Waals surface area contributed by atoms with E-state index in [0.29, 0.717) is 18.4 Å². The maximum absolute atomic E-state index is 11.9. The molecular weight excluding hydrogens is 222 g/mol. The Morgan fingerprint density at radius 1 is 1.24 bits per heavy atom. The van der Waals surface area contributed by atoms with Crippen LogP contribution in [0.5, 0.6) is 0 Å². The molecule has 0 N–H and O–H groups in total. The van der Waals surface area contributed by atoms with E-state index in [1.807, 2.05) is 13.8 Å². The first-order chi connectivity index (χ1) is 7.80. The zero-order valence-corrected chi connectivity index (χ0v) is 9.78. The molecule has 17 heavy (non-hydrogen) atoms. The topological polar surface area (TPSA) is 77.3 Å². The highest BCUT2D eigenvalue weighted by Crippen LogP contribution is 2.40. The molecule has 5 heteroatoms. The zero-order chi connectivity index (χ0) is 12.8. The summed E-state index contributed by atoms with van der Waals surface area (Å²) >= 11 is 0. The molecule has 5 nitrogen and oxygen atoms in total. The van der Waals surface area contributed by atoms with Crippen molar-refractivity contribution in [3.63, 3.8) is 0 Å². The Balaban J connectivity index is 2.47. The predicted molar refractivity (Wildman–Crippen MR) is 59.7 cm³/mol. The van der Waals surface area contributed by atoms with Crippen LogP contribution in [0.1, 0.15) is 33.1 Å². The van der Waals surface area contributed by atoms with Gasteiger partial charge in [-0.1, -0.05) is 19.4 Å². The first-order valence-corrected chi connectivity index (χ1v) is 5.45. The molecule has 0 fully saturated rings. The first kappa shape index (κ1) is 11.7. The molecule has 0 radical (unpaired) electrons. The van der Waals surface area contributed by atoms with Gasteiger partial charge in [0.2, 0.25) is 5.78 Å². The van der Waals surface area contributed by atoms with E-state index in [1.54, 1.807) is 0 Å². The lowest BCUT2D eigenvalue weighted by Crippen LogP contribution is -2.29. The third-order valence-electron chi connectivity index (χ3n) is 3.15. The second-order valence-electron chi connectivity index (χ2n) is 5.34. The number of carbonyl (C=O) groups is 2. The monoisotopic (exact) mass is 235 g/mol. The summed E-state index contributed by atoms with van der Waals surface area (Å²) in [5, 5.41) is 10.7. The second kappa shape index (κ2) is 3.61. The number of hydrogen-bond donors (Lipinski definition) is 0. The number of hydrogen-bond acceptors (Lipinski definition) is 4. The largest absolute Gasteiger partial charge is 0.313 e. The van der Waals surface area contributed by atoms with Gasteiger partial charge in [0.15, 0.2) is 5.78 Å². The summed E-state index contributed by atoms with van der Waals surface area (Å²) in [6.45, 7) is 3.93. The van der Waals surface area contributed by atoms with Gasteiger partial charge in [-0.05, 0) is 11.8 Å². The standard InChI is InChI=1S/C12H13NO4/c1-12(2)5-7-3-10(14)9(13(16)17)4-8(7)11(15)6-12/h4H,3,5-6H2,1-2H3. The van der Waals surface area contributed by atoms with Crippen molar-refractivity contribution in [2.75, 3.05) is 0 Å². The Kier molecular flexibility index (Phi) is 2.49. The summed E-state index contributed by atoms with van der Waals surface area (Å²) in [5.74, 6) is -0.595. The van der Waals surface area contributed by atoms with E-state index < -0.39 is 16.4 Å². The van der Waals surface area contributed by atoms with Gasteiger partial charge in [-0.15, -0.1) is 0 Å². The smallest absolute Gasteiger partial charge is 0.294 e. The first-order valence-electron chi connectivity index (χ1n) is 5.45. The van der Waals surface area contributed by atoms with Gasteiger partial charge < -0.3 is 0 Å². The Labute approximate surface area is 98.3 Å². The molecule has 2 aliphatic carbocycles. The number of nitrogens with zero attached hydrogens (tertiary/aromatic N) is 1. The van der Waals surface area contributed by atoms with Crippen molar-refractivity contribution in [2.45, 2.75) is 33.1 Å². The third-order valence-corrected chi connectivity index (χ3v) is 3.15. The molecule has 0 unspecified atom stereocenters. The summed E-state index contributed by atoms with van der Waals surface area (Å²) in [6.07, 6.45) is 2.19. The van der Waals surface area contributed by atoms with E-state index in [2.05, 4.69) is 0 Å². The van der Waals surface area contributed by atoms with Crippen molar-refractivity contribution in [3.8, 4) is 0 Å². The van der Waals surface area contributed by atoms with Gasteiger partial charge in [0.25, 0.3) is 0 Å². The van der Waals surface area contributed by atoms with E-state index in [1.165, 1.54) is 0 Å².